The third-order valence-corrected chi connectivity index (χ3v) is 6.10. The van der Waals surface area contributed by atoms with Crippen molar-refractivity contribution >= 4 is 9.84 Å². The van der Waals surface area contributed by atoms with E-state index in [0.29, 0.717) is 11.8 Å². The van der Waals surface area contributed by atoms with Crippen LogP contribution in [0.1, 0.15) is 12.8 Å². The third kappa shape index (κ3) is 2.28. The summed E-state index contributed by atoms with van der Waals surface area (Å²) in [4.78, 5) is 0. The molecule has 0 aromatic carbocycles. The number of hydrogen-bond acceptors (Lipinski definition) is 4. The van der Waals surface area contributed by atoms with Gasteiger partial charge in [0.05, 0.1) is 17.6 Å². The van der Waals surface area contributed by atoms with Gasteiger partial charge < -0.3 is 10.4 Å². The molecule has 1 heterocycles. The molecular formula is C12H19NO3S. The molecule has 0 radical (unpaired) electrons. The Morgan fingerprint density at radius 2 is 2.06 bits per heavy atom. The molecule has 17 heavy (non-hydrogen) atoms. The largest absolute Gasteiger partial charge is 0.390 e. The smallest absolute Gasteiger partial charge is 0.154 e. The average molecular weight is 257 g/mol. The van der Waals surface area contributed by atoms with Gasteiger partial charge in [-0.15, -0.1) is 0 Å². The lowest BCUT2D eigenvalue weighted by molar-refractivity contribution is 0.162. The van der Waals surface area contributed by atoms with Gasteiger partial charge in [0.2, 0.25) is 0 Å². The average Bonchev–Trinajstić information content (AvgIpc) is 2.89. The number of fused-ring (bicyclic) bond motifs is 2. The van der Waals surface area contributed by atoms with Gasteiger partial charge in [-0.1, -0.05) is 12.2 Å². The Balaban J connectivity index is 1.54. The van der Waals surface area contributed by atoms with E-state index in [-0.39, 0.29) is 17.5 Å². The number of nitrogens with one attached hydrogen (secondary N) is 1. The number of aliphatic hydroxyl groups excluding tert-OH is 1. The summed E-state index contributed by atoms with van der Waals surface area (Å²) in [5, 5.41) is 12.9. The number of sulfone groups is 1. The Morgan fingerprint density at radius 1 is 1.24 bits per heavy atom. The van der Waals surface area contributed by atoms with Gasteiger partial charge in [-0.25, -0.2) is 8.42 Å². The highest BCUT2D eigenvalue weighted by atomic mass is 32.2. The van der Waals surface area contributed by atoms with E-state index >= 15 is 0 Å². The lowest BCUT2D eigenvalue weighted by Gasteiger charge is -2.22. The van der Waals surface area contributed by atoms with Crippen molar-refractivity contribution in [3.63, 3.8) is 0 Å². The first kappa shape index (κ1) is 11.7. The lowest BCUT2D eigenvalue weighted by Crippen LogP contribution is -2.41. The third-order valence-electron chi connectivity index (χ3n) is 4.38. The molecule has 2 bridgehead atoms. The molecule has 5 atom stereocenters. The van der Waals surface area contributed by atoms with Crippen molar-refractivity contribution in [1.29, 1.82) is 0 Å². The van der Waals surface area contributed by atoms with Crippen LogP contribution in [0, 0.1) is 17.8 Å². The summed E-state index contributed by atoms with van der Waals surface area (Å²) in [6, 6.07) is -0.261. The molecule has 0 aromatic rings. The summed E-state index contributed by atoms with van der Waals surface area (Å²) in [6.07, 6.45) is 6.34. The molecule has 1 saturated carbocycles. The van der Waals surface area contributed by atoms with Crippen LogP contribution in [0.5, 0.6) is 0 Å². The first-order valence-corrected chi connectivity index (χ1v) is 8.16. The second-order valence-electron chi connectivity index (χ2n) is 5.70. The van der Waals surface area contributed by atoms with E-state index in [1.165, 1.54) is 12.8 Å². The zero-order chi connectivity index (χ0) is 12.0. The molecule has 96 valence electrons. The van der Waals surface area contributed by atoms with Crippen LogP contribution < -0.4 is 5.32 Å². The molecule has 1 aliphatic heterocycles. The molecule has 0 unspecified atom stereocenters. The van der Waals surface area contributed by atoms with Gasteiger partial charge in [-0.3, -0.25) is 0 Å². The van der Waals surface area contributed by atoms with E-state index in [2.05, 4.69) is 17.5 Å². The highest BCUT2D eigenvalue weighted by molar-refractivity contribution is 7.91. The van der Waals surface area contributed by atoms with Crippen molar-refractivity contribution < 1.29 is 13.5 Å². The van der Waals surface area contributed by atoms with Crippen LogP contribution in [-0.2, 0) is 9.84 Å². The number of hydrogen-bond donors (Lipinski definition) is 2. The van der Waals surface area contributed by atoms with Gasteiger partial charge in [0.1, 0.15) is 0 Å². The van der Waals surface area contributed by atoms with Crippen molar-refractivity contribution in [2.75, 3.05) is 18.1 Å². The van der Waals surface area contributed by atoms with Gasteiger partial charge in [-0.05, 0) is 37.1 Å². The zero-order valence-corrected chi connectivity index (χ0v) is 10.6. The van der Waals surface area contributed by atoms with Crippen molar-refractivity contribution in [3.8, 4) is 0 Å². The summed E-state index contributed by atoms with van der Waals surface area (Å²) in [5.41, 5.74) is 0. The lowest BCUT2D eigenvalue weighted by atomic mass is 9.93. The Morgan fingerprint density at radius 3 is 2.59 bits per heavy atom. The summed E-state index contributed by atoms with van der Waals surface area (Å²) >= 11 is 0. The summed E-state index contributed by atoms with van der Waals surface area (Å²) in [7, 11) is -3.03. The predicted molar refractivity (Wildman–Crippen MR) is 65.3 cm³/mol. The van der Waals surface area contributed by atoms with Crippen LogP contribution in [0.25, 0.3) is 0 Å². The maximum Gasteiger partial charge on any atom is 0.154 e. The quantitative estimate of drug-likeness (QED) is 0.696. The molecule has 3 rings (SSSR count). The number of rotatable bonds is 3. The zero-order valence-electron chi connectivity index (χ0n) is 9.75. The van der Waals surface area contributed by atoms with E-state index < -0.39 is 15.9 Å². The van der Waals surface area contributed by atoms with Gasteiger partial charge in [0.15, 0.2) is 9.84 Å². The molecule has 0 aromatic heterocycles. The number of aliphatic hydroxyl groups is 1. The minimum atomic E-state index is -3.03. The minimum absolute atomic E-state index is 0.0821. The first-order chi connectivity index (χ1) is 8.03. The Bertz CT molecular complexity index is 431. The van der Waals surface area contributed by atoms with Crippen LogP contribution in [0.15, 0.2) is 12.2 Å². The highest BCUT2D eigenvalue weighted by Gasteiger charge is 2.39. The Kier molecular flexibility index (Phi) is 2.80. The van der Waals surface area contributed by atoms with Crippen LogP contribution in [0.2, 0.25) is 0 Å². The fourth-order valence-corrected chi connectivity index (χ4v) is 5.23. The van der Waals surface area contributed by atoms with Crippen LogP contribution in [0.4, 0.5) is 0 Å². The Hall–Kier alpha value is -0.390. The Labute approximate surface area is 102 Å². The van der Waals surface area contributed by atoms with E-state index in [1.54, 1.807) is 0 Å². The number of allylic oxidation sites excluding steroid dienone is 2. The SMILES string of the molecule is O=S1(=O)C[C@H](O)[C@H](NC[C@@H]2C[C@H]3C=C[C@H]2C3)C1. The molecule has 0 spiro atoms. The standard InChI is InChI=1S/C12H19NO3S/c14-12-7-17(15,16)6-11(12)13-5-10-4-8-1-2-9(10)3-8/h1-2,8-14H,3-7H2/t8-,9-,10-,11+,12-/m0/s1. The maximum absolute atomic E-state index is 11.4. The molecule has 2 fully saturated rings. The van der Waals surface area contributed by atoms with Crippen molar-refractivity contribution in [3.05, 3.63) is 12.2 Å². The fraction of sp³-hybridized carbons (Fsp3) is 0.833. The van der Waals surface area contributed by atoms with E-state index in [0.717, 1.165) is 12.5 Å². The predicted octanol–water partition coefficient (Wildman–Crippen LogP) is -0.0539. The van der Waals surface area contributed by atoms with Gasteiger partial charge in [0, 0.05) is 6.04 Å². The summed E-state index contributed by atoms with van der Waals surface area (Å²) < 4.78 is 22.7. The monoisotopic (exact) mass is 257 g/mol. The van der Waals surface area contributed by atoms with Crippen molar-refractivity contribution in [1.82, 2.24) is 5.32 Å². The van der Waals surface area contributed by atoms with E-state index in [1.807, 2.05) is 0 Å². The van der Waals surface area contributed by atoms with E-state index in [4.69, 9.17) is 0 Å². The second-order valence-corrected chi connectivity index (χ2v) is 7.85. The molecule has 2 N–H and O–H groups in total. The molecule has 3 aliphatic rings. The molecule has 5 heteroatoms. The normalized spacial score (nSPS) is 46.8. The van der Waals surface area contributed by atoms with Crippen LogP contribution in [-0.4, -0.2) is 43.7 Å². The molecule has 4 nitrogen and oxygen atoms in total. The van der Waals surface area contributed by atoms with Gasteiger partial charge in [-0.2, -0.15) is 0 Å². The molecule has 1 saturated heterocycles. The fourth-order valence-electron chi connectivity index (χ4n) is 3.46. The van der Waals surface area contributed by atoms with E-state index in [9.17, 15) is 13.5 Å². The maximum atomic E-state index is 11.4. The van der Waals surface area contributed by atoms with Crippen molar-refractivity contribution in [2.24, 2.45) is 17.8 Å². The highest BCUT2D eigenvalue weighted by Crippen LogP contribution is 2.43. The van der Waals surface area contributed by atoms with Crippen LogP contribution >= 0.6 is 0 Å². The first-order valence-electron chi connectivity index (χ1n) is 6.34. The molecule has 0 amide bonds. The minimum Gasteiger partial charge on any atom is -0.390 e. The van der Waals surface area contributed by atoms with Gasteiger partial charge >= 0.3 is 0 Å². The summed E-state index contributed by atoms with van der Waals surface area (Å²) in [5.74, 6) is 2.04. The molecular weight excluding hydrogens is 238 g/mol. The van der Waals surface area contributed by atoms with Crippen molar-refractivity contribution in [2.45, 2.75) is 25.0 Å². The van der Waals surface area contributed by atoms with Crippen LogP contribution in [0.3, 0.4) is 0 Å². The molecule has 2 aliphatic carbocycles. The summed E-state index contributed by atoms with van der Waals surface area (Å²) in [6.45, 7) is 0.836. The topological polar surface area (TPSA) is 66.4 Å². The van der Waals surface area contributed by atoms with Gasteiger partial charge in [0.25, 0.3) is 0 Å². The second kappa shape index (κ2) is 4.07.